The minimum Gasteiger partial charge on any atom is -0.507 e. The SMILES string of the molecule is COc1ccc(-c2ccc(O)c3c2C[C@@H]2C[C@@H]4[C@@H](N(C)C)C(=O)C(C(N)=O)C(=O)[C@]4(O)C(=O)C2C3=O)cc1CN(C)C. The number of ketones is 4. The summed E-state index contributed by atoms with van der Waals surface area (Å²) in [6.07, 6.45) is 0.179. The Kier molecular flexibility index (Phi) is 7.33. The van der Waals surface area contributed by atoms with Gasteiger partial charge in [-0.2, -0.15) is 0 Å². The maximum absolute atomic E-state index is 14.0. The van der Waals surface area contributed by atoms with Crippen molar-refractivity contribution in [3.63, 3.8) is 0 Å². The Labute approximate surface area is 243 Å². The highest BCUT2D eigenvalue weighted by molar-refractivity contribution is 6.32. The van der Waals surface area contributed by atoms with Crippen molar-refractivity contribution in [2.24, 2.45) is 29.4 Å². The first-order chi connectivity index (χ1) is 19.7. The number of hydrogen-bond donors (Lipinski definition) is 3. The van der Waals surface area contributed by atoms with Crippen LogP contribution in [0.3, 0.4) is 0 Å². The number of nitrogens with two attached hydrogens (primary N) is 1. The first-order valence-corrected chi connectivity index (χ1v) is 13.8. The highest BCUT2D eigenvalue weighted by Crippen LogP contribution is 2.51. The number of fused-ring (bicyclic) bond motifs is 3. The molecule has 222 valence electrons. The van der Waals surface area contributed by atoms with Gasteiger partial charge in [0.05, 0.1) is 24.6 Å². The second kappa shape index (κ2) is 10.4. The molecule has 0 radical (unpaired) electrons. The molecule has 6 atom stereocenters. The van der Waals surface area contributed by atoms with Crippen LogP contribution in [-0.4, -0.2) is 96.0 Å². The zero-order chi connectivity index (χ0) is 30.8. The molecule has 3 aliphatic rings. The highest BCUT2D eigenvalue weighted by Gasteiger charge is 2.69. The first-order valence-electron chi connectivity index (χ1n) is 13.8. The zero-order valence-electron chi connectivity index (χ0n) is 24.2. The molecular formula is C31H35N3O8. The van der Waals surface area contributed by atoms with Crippen LogP contribution in [0.4, 0.5) is 0 Å². The number of aliphatic hydroxyl groups is 1. The van der Waals surface area contributed by atoms with Gasteiger partial charge in [-0.25, -0.2) is 0 Å². The first kappa shape index (κ1) is 29.6. The van der Waals surface area contributed by atoms with E-state index in [9.17, 15) is 34.2 Å². The summed E-state index contributed by atoms with van der Waals surface area (Å²) >= 11 is 0. The minimum absolute atomic E-state index is 0.00646. The lowest BCUT2D eigenvalue weighted by molar-refractivity contribution is -0.181. The number of Topliss-reactive ketones (excluding diaryl/α,β-unsaturated/α-hetero) is 4. The maximum Gasteiger partial charge on any atom is 0.235 e. The van der Waals surface area contributed by atoms with Gasteiger partial charge in [-0.1, -0.05) is 12.1 Å². The van der Waals surface area contributed by atoms with Crippen LogP contribution in [0.25, 0.3) is 11.1 Å². The molecule has 1 amide bonds. The molecule has 11 nitrogen and oxygen atoms in total. The Morgan fingerprint density at radius 1 is 1.07 bits per heavy atom. The van der Waals surface area contributed by atoms with Crippen molar-refractivity contribution in [1.82, 2.24) is 9.80 Å². The summed E-state index contributed by atoms with van der Waals surface area (Å²) in [5, 5.41) is 22.6. The number of nitrogens with zero attached hydrogens (tertiary/aromatic N) is 2. The summed E-state index contributed by atoms with van der Waals surface area (Å²) in [4.78, 5) is 70.3. The van der Waals surface area contributed by atoms with Gasteiger partial charge in [-0.05, 0) is 81.8 Å². The Morgan fingerprint density at radius 3 is 2.36 bits per heavy atom. The third kappa shape index (κ3) is 4.26. The molecule has 11 heteroatoms. The topological polar surface area (TPSA) is 168 Å². The van der Waals surface area contributed by atoms with Gasteiger partial charge in [-0.3, -0.25) is 28.9 Å². The van der Waals surface area contributed by atoms with E-state index in [-0.39, 0.29) is 24.2 Å². The molecule has 42 heavy (non-hydrogen) atoms. The normalized spacial score (nSPS) is 28.9. The number of phenolic OH excluding ortho intramolecular Hbond substituents is 1. The van der Waals surface area contributed by atoms with E-state index in [1.165, 1.54) is 11.0 Å². The van der Waals surface area contributed by atoms with E-state index in [4.69, 9.17) is 10.5 Å². The maximum atomic E-state index is 14.0. The van der Waals surface area contributed by atoms with E-state index in [0.29, 0.717) is 23.4 Å². The van der Waals surface area contributed by atoms with Gasteiger partial charge in [0, 0.05) is 18.0 Å². The van der Waals surface area contributed by atoms with Crippen LogP contribution in [0.2, 0.25) is 0 Å². The second-order valence-electron chi connectivity index (χ2n) is 12.0. The van der Waals surface area contributed by atoms with Crippen molar-refractivity contribution in [1.29, 1.82) is 0 Å². The quantitative estimate of drug-likeness (QED) is 0.414. The van der Waals surface area contributed by atoms with Crippen molar-refractivity contribution >= 4 is 29.0 Å². The number of benzene rings is 2. The summed E-state index contributed by atoms with van der Waals surface area (Å²) in [6, 6.07) is 7.61. The summed E-state index contributed by atoms with van der Waals surface area (Å²) < 4.78 is 5.53. The molecule has 2 fully saturated rings. The van der Waals surface area contributed by atoms with E-state index < -0.39 is 64.4 Å². The van der Waals surface area contributed by atoms with E-state index in [2.05, 4.69) is 0 Å². The van der Waals surface area contributed by atoms with Gasteiger partial charge < -0.3 is 25.6 Å². The molecule has 0 bridgehead atoms. The number of rotatable bonds is 6. The molecule has 0 aliphatic heterocycles. The molecule has 2 aromatic carbocycles. The number of methoxy groups -OCH3 is 1. The predicted molar refractivity (Wildman–Crippen MR) is 151 cm³/mol. The number of aromatic hydroxyl groups is 1. The van der Waals surface area contributed by atoms with E-state index in [1.54, 1.807) is 27.3 Å². The highest BCUT2D eigenvalue weighted by atomic mass is 16.5. The minimum atomic E-state index is -2.75. The van der Waals surface area contributed by atoms with Crippen LogP contribution < -0.4 is 10.5 Å². The van der Waals surface area contributed by atoms with Gasteiger partial charge in [0.1, 0.15) is 11.5 Å². The Bertz CT molecular complexity index is 1530. The summed E-state index contributed by atoms with van der Waals surface area (Å²) in [5.41, 5.74) is 5.53. The number of phenols is 1. The molecule has 0 heterocycles. The van der Waals surface area contributed by atoms with Crippen molar-refractivity contribution in [2.45, 2.75) is 31.0 Å². The molecule has 2 saturated carbocycles. The summed E-state index contributed by atoms with van der Waals surface area (Å²) in [6.45, 7) is 0.593. The molecule has 0 saturated heterocycles. The van der Waals surface area contributed by atoms with Crippen molar-refractivity contribution in [3.8, 4) is 22.6 Å². The molecular weight excluding hydrogens is 542 g/mol. The van der Waals surface area contributed by atoms with E-state index in [1.807, 2.05) is 37.2 Å². The zero-order valence-corrected chi connectivity index (χ0v) is 24.2. The number of amides is 1. The predicted octanol–water partition coefficient (Wildman–Crippen LogP) is 0.604. The monoisotopic (exact) mass is 577 g/mol. The molecule has 0 aromatic heterocycles. The third-order valence-corrected chi connectivity index (χ3v) is 9.02. The molecule has 5 rings (SSSR count). The van der Waals surface area contributed by atoms with Crippen molar-refractivity contribution < 1.29 is 38.9 Å². The Balaban J connectivity index is 1.64. The van der Waals surface area contributed by atoms with Crippen LogP contribution in [0.1, 0.15) is 27.9 Å². The smallest absolute Gasteiger partial charge is 0.235 e. The molecule has 0 spiro atoms. The number of primary amides is 1. The molecule has 2 aromatic rings. The lowest BCUT2D eigenvalue weighted by atomic mass is 9.52. The third-order valence-electron chi connectivity index (χ3n) is 9.02. The number of carbonyl (C=O) groups is 5. The van der Waals surface area contributed by atoms with Crippen molar-refractivity contribution in [3.05, 3.63) is 47.0 Å². The van der Waals surface area contributed by atoms with Gasteiger partial charge in [0.25, 0.3) is 0 Å². The standard InChI is InChI=1S/C31H35N3O8/c1-33(2)13-16-10-14(6-9-21(16)42-5)17-7-8-20(35)23-18(17)11-15-12-19-25(34(3)4)27(37)24(30(32)40)29(39)31(19,41)28(38)22(15)26(23)36/h6-10,15,19,22,24-25,35,41H,11-13H2,1-5H3,(H2,32,40)/t15-,19-,22?,24?,25-,31-/m1/s1. The Hall–Kier alpha value is -3.93. The average molecular weight is 578 g/mol. The fourth-order valence-corrected chi connectivity index (χ4v) is 7.29. The van der Waals surface area contributed by atoms with Crippen LogP contribution in [-0.2, 0) is 32.1 Å². The van der Waals surface area contributed by atoms with Crippen LogP contribution in [0.15, 0.2) is 30.3 Å². The van der Waals surface area contributed by atoms with E-state index in [0.717, 1.165) is 11.1 Å². The number of hydrogen-bond acceptors (Lipinski definition) is 10. The fraction of sp³-hybridized carbons (Fsp3) is 0.452. The van der Waals surface area contributed by atoms with Gasteiger partial charge in [-0.15, -0.1) is 0 Å². The number of carbonyl (C=O) groups excluding carboxylic acids is 5. The van der Waals surface area contributed by atoms with Crippen LogP contribution in [0.5, 0.6) is 11.5 Å². The summed E-state index contributed by atoms with van der Waals surface area (Å²) in [5.74, 6) is -9.97. The van der Waals surface area contributed by atoms with Crippen molar-refractivity contribution in [2.75, 3.05) is 35.3 Å². The average Bonchev–Trinajstić information content (AvgIpc) is 2.90. The molecule has 3 aliphatic carbocycles. The number of ether oxygens (including phenoxy) is 1. The number of likely N-dealkylation sites (N-methyl/N-ethyl adjacent to an activating group) is 1. The second-order valence-corrected chi connectivity index (χ2v) is 12.0. The molecule has 2 unspecified atom stereocenters. The molecule has 4 N–H and O–H groups in total. The van der Waals surface area contributed by atoms with E-state index >= 15 is 0 Å². The van der Waals surface area contributed by atoms with Crippen LogP contribution in [0, 0.1) is 23.7 Å². The van der Waals surface area contributed by atoms with Gasteiger partial charge >= 0.3 is 0 Å². The lowest BCUT2D eigenvalue weighted by Crippen LogP contribution is -2.74. The largest absolute Gasteiger partial charge is 0.507 e. The lowest BCUT2D eigenvalue weighted by Gasteiger charge is -2.52. The van der Waals surface area contributed by atoms with Gasteiger partial charge in [0.15, 0.2) is 34.7 Å². The van der Waals surface area contributed by atoms with Crippen LogP contribution >= 0.6 is 0 Å². The summed E-state index contributed by atoms with van der Waals surface area (Å²) in [7, 11) is 8.56. The van der Waals surface area contributed by atoms with Gasteiger partial charge in [0.2, 0.25) is 5.91 Å². The fourth-order valence-electron chi connectivity index (χ4n) is 7.29. The Morgan fingerprint density at radius 2 is 1.76 bits per heavy atom.